The molecular weight excluding hydrogens is 294 g/mol. The number of benzene rings is 1. The average Bonchev–Trinajstić information content (AvgIpc) is 2.93. The first-order chi connectivity index (χ1) is 10.1. The summed E-state index contributed by atoms with van der Waals surface area (Å²) in [5, 5.41) is 13.2. The van der Waals surface area contributed by atoms with Crippen LogP contribution in [0, 0.1) is 0 Å². The molecule has 0 radical (unpaired) electrons. The maximum atomic E-state index is 12.2. The van der Waals surface area contributed by atoms with Gasteiger partial charge in [0.25, 0.3) is 5.56 Å². The van der Waals surface area contributed by atoms with Crippen molar-refractivity contribution in [3.8, 4) is 0 Å². The normalized spacial score (nSPS) is 10.9. The fraction of sp³-hybridized carbons (Fsp3) is 0.0714. The standard InChI is InChI=1S/C14H10ClN3O3/c15-11-7-9(14(20)21)1-2-10(11)8-17-5-6-18-12(13(17)19)3-4-16-18/h1-7H,8H2,(H,20,21). The van der Waals surface area contributed by atoms with Crippen LogP contribution in [0.4, 0.5) is 0 Å². The fourth-order valence-electron chi connectivity index (χ4n) is 2.08. The molecule has 106 valence electrons. The van der Waals surface area contributed by atoms with Crippen molar-refractivity contribution in [2.75, 3.05) is 0 Å². The molecule has 0 amide bonds. The van der Waals surface area contributed by atoms with Gasteiger partial charge >= 0.3 is 5.97 Å². The highest BCUT2D eigenvalue weighted by molar-refractivity contribution is 6.31. The molecule has 0 aliphatic heterocycles. The predicted octanol–water partition coefficient (Wildman–Crippen LogP) is 1.90. The van der Waals surface area contributed by atoms with E-state index in [1.165, 1.54) is 21.2 Å². The van der Waals surface area contributed by atoms with Gasteiger partial charge in [0.05, 0.1) is 18.3 Å². The number of fused-ring (bicyclic) bond motifs is 1. The maximum Gasteiger partial charge on any atom is 0.335 e. The molecule has 21 heavy (non-hydrogen) atoms. The summed E-state index contributed by atoms with van der Waals surface area (Å²) in [5.41, 5.74) is 1.07. The average molecular weight is 304 g/mol. The summed E-state index contributed by atoms with van der Waals surface area (Å²) in [6, 6.07) is 6.08. The van der Waals surface area contributed by atoms with E-state index in [2.05, 4.69) is 5.10 Å². The van der Waals surface area contributed by atoms with Gasteiger partial charge in [-0.15, -0.1) is 0 Å². The fourth-order valence-corrected chi connectivity index (χ4v) is 2.32. The lowest BCUT2D eigenvalue weighted by atomic mass is 10.1. The Labute approximate surface area is 123 Å². The van der Waals surface area contributed by atoms with Gasteiger partial charge in [-0.2, -0.15) is 5.10 Å². The molecule has 0 atom stereocenters. The van der Waals surface area contributed by atoms with Crippen LogP contribution < -0.4 is 5.56 Å². The summed E-state index contributed by atoms with van der Waals surface area (Å²) in [4.78, 5) is 23.1. The second-order valence-corrected chi connectivity index (χ2v) is 4.91. The van der Waals surface area contributed by atoms with Crippen molar-refractivity contribution in [3.05, 3.63) is 69.4 Å². The van der Waals surface area contributed by atoms with Gasteiger partial charge in [-0.1, -0.05) is 17.7 Å². The molecule has 0 fully saturated rings. The molecule has 0 aliphatic carbocycles. The molecule has 0 saturated carbocycles. The zero-order valence-corrected chi connectivity index (χ0v) is 11.5. The highest BCUT2D eigenvalue weighted by Gasteiger charge is 2.09. The van der Waals surface area contributed by atoms with Crippen LogP contribution in [0.1, 0.15) is 15.9 Å². The van der Waals surface area contributed by atoms with Gasteiger partial charge < -0.3 is 9.67 Å². The number of hydrogen-bond donors (Lipinski definition) is 1. The Morgan fingerprint density at radius 1 is 1.29 bits per heavy atom. The van der Waals surface area contributed by atoms with Crippen LogP contribution in [0.15, 0.2) is 47.7 Å². The Balaban J connectivity index is 2.00. The quantitative estimate of drug-likeness (QED) is 0.801. The summed E-state index contributed by atoms with van der Waals surface area (Å²) >= 11 is 6.08. The Bertz CT molecular complexity index is 898. The van der Waals surface area contributed by atoms with E-state index < -0.39 is 5.97 Å². The summed E-state index contributed by atoms with van der Waals surface area (Å²) in [7, 11) is 0. The topological polar surface area (TPSA) is 76.6 Å². The molecule has 1 N–H and O–H groups in total. The van der Waals surface area contributed by atoms with E-state index in [-0.39, 0.29) is 17.7 Å². The smallest absolute Gasteiger partial charge is 0.335 e. The van der Waals surface area contributed by atoms with E-state index in [0.29, 0.717) is 16.1 Å². The highest BCUT2D eigenvalue weighted by Crippen LogP contribution is 2.18. The first kappa shape index (κ1) is 13.4. The highest BCUT2D eigenvalue weighted by atomic mass is 35.5. The lowest BCUT2D eigenvalue weighted by Crippen LogP contribution is -2.22. The Kier molecular flexibility index (Phi) is 3.23. The van der Waals surface area contributed by atoms with Gasteiger partial charge in [0.1, 0.15) is 5.52 Å². The van der Waals surface area contributed by atoms with Gasteiger partial charge in [-0.25, -0.2) is 9.31 Å². The first-order valence-electron chi connectivity index (χ1n) is 6.11. The van der Waals surface area contributed by atoms with Crippen LogP contribution in [0.25, 0.3) is 5.52 Å². The molecule has 2 heterocycles. The van der Waals surface area contributed by atoms with Gasteiger partial charge in [0.2, 0.25) is 0 Å². The van der Waals surface area contributed by atoms with E-state index in [4.69, 9.17) is 16.7 Å². The molecule has 0 saturated heterocycles. The Morgan fingerprint density at radius 2 is 2.10 bits per heavy atom. The molecule has 7 heteroatoms. The molecule has 0 aliphatic rings. The minimum atomic E-state index is -1.04. The van der Waals surface area contributed by atoms with Crippen molar-refractivity contribution in [2.24, 2.45) is 0 Å². The largest absolute Gasteiger partial charge is 0.478 e. The number of halogens is 1. The van der Waals surface area contributed by atoms with Crippen LogP contribution >= 0.6 is 11.6 Å². The van der Waals surface area contributed by atoms with E-state index in [9.17, 15) is 9.59 Å². The molecule has 6 nitrogen and oxygen atoms in total. The number of carboxylic acid groups (broad SMARTS) is 1. The number of nitrogens with zero attached hydrogens (tertiary/aromatic N) is 3. The molecular formula is C14H10ClN3O3. The second-order valence-electron chi connectivity index (χ2n) is 4.50. The summed E-state index contributed by atoms with van der Waals surface area (Å²) in [5.74, 6) is -1.04. The molecule has 0 unspecified atom stereocenters. The van der Waals surface area contributed by atoms with Crippen LogP contribution in [0.5, 0.6) is 0 Å². The van der Waals surface area contributed by atoms with Gasteiger partial charge in [0.15, 0.2) is 0 Å². The van der Waals surface area contributed by atoms with Crippen LogP contribution in [0.3, 0.4) is 0 Å². The van der Waals surface area contributed by atoms with Crippen molar-refractivity contribution in [3.63, 3.8) is 0 Å². The summed E-state index contributed by atoms with van der Waals surface area (Å²) in [6.07, 6.45) is 4.84. The Morgan fingerprint density at radius 3 is 2.81 bits per heavy atom. The van der Waals surface area contributed by atoms with Crippen LogP contribution in [0.2, 0.25) is 5.02 Å². The van der Waals surface area contributed by atoms with Crippen LogP contribution in [-0.2, 0) is 6.54 Å². The molecule has 2 aromatic heterocycles. The van der Waals surface area contributed by atoms with Crippen molar-refractivity contribution in [2.45, 2.75) is 6.54 Å². The van der Waals surface area contributed by atoms with E-state index >= 15 is 0 Å². The van der Waals surface area contributed by atoms with Crippen molar-refractivity contribution in [1.29, 1.82) is 0 Å². The third-order valence-electron chi connectivity index (χ3n) is 3.18. The van der Waals surface area contributed by atoms with E-state index in [1.807, 2.05) is 0 Å². The zero-order chi connectivity index (χ0) is 15.0. The van der Waals surface area contributed by atoms with Gasteiger partial charge in [0, 0.05) is 17.4 Å². The zero-order valence-electron chi connectivity index (χ0n) is 10.7. The van der Waals surface area contributed by atoms with Crippen molar-refractivity contribution >= 4 is 23.1 Å². The minimum absolute atomic E-state index is 0.113. The molecule has 3 rings (SSSR count). The number of carboxylic acids is 1. The van der Waals surface area contributed by atoms with Gasteiger partial charge in [-0.05, 0) is 23.8 Å². The summed E-state index contributed by atoms with van der Waals surface area (Å²) in [6.45, 7) is 0.263. The number of hydrogen-bond acceptors (Lipinski definition) is 3. The summed E-state index contributed by atoms with van der Waals surface area (Å²) < 4.78 is 2.99. The number of rotatable bonds is 3. The molecule has 0 bridgehead atoms. The van der Waals surface area contributed by atoms with Crippen molar-refractivity contribution in [1.82, 2.24) is 14.2 Å². The molecule has 1 aromatic carbocycles. The maximum absolute atomic E-state index is 12.2. The van der Waals surface area contributed by atoms with E-state index in [1.54, 1.807) is 30.7 Å². The lowest BCUT2D eigenvalue weighted by molar-refractivity contribution is 0.0697. The minimum Gasteiger partial charge on any atom is -0.478 e. The number of aromatic nitrogens is 3. The third-order valence-corrected chi connectivity index (χ3v) is 3.53. The van der Waals surface area contributed by atoms with Gasteiger partial charge in [-0.3, -0.25) is 4.79 Å². The SMILES string of the molecule is O=C(O)c1ccc(Cn2ccn3nccc3c2=O)c(Cl)c1. The first-order valence-corrected chi connectivity index (χ1v) is 6.48. The number of carbonyl (C=O) groups is 1. The molecule has 0 spiro atoms. The predicted molar refractivity (Wildman–Crippen MR) is 77.0 cm³/mol. The number of aromatic carboxylic acids is 1. The van der Waals surface area contributed by atoms with E-state index in [0.717, 1.165) is 0 Å². The lowest BCUT2D eigenvalue weighted by Gasteiger charge is -2.08. The van der Waals surface area contributed by atoms with Crippen LogP contribution in [-0.4, -0.2) is 25.3 Å². The monoisotopic (exact) mass is 303 g/mol. The second kappa shape index (κ2) is 5.06. The third kappa shape index (κ3) is 2.41. The Hall–Kier alpha value is -2.60. The van der Waals surface area contributed by atoms with Crippen molar-refractivity contribution < 1.29 is 9.90 Å². The molecule has 3 aromatic rings.